The van der Waals surface area contributed by atoms with E-state index in [2.05, 4.69) is 11.3 Å². The van der Waals surface area contributed by atoms with E-state index in [1.807, 2.05) is 13.0 Å². The number of aromatic nitrogens is 1. The molecule has 0 unspecified atom stereocenters. The van der Waals surface area contributed by atoms with Crippen LogP contribution in [-0.2, 0) is 23.5 Å². The Hall–Kier alpha value is -2.54. The van der Waals surface area contributed by atoms with Gasteiger partial charge in [0.1, 0.15) is 5.75 Å². The van der Waals surface area contributed by atoms with Gasteiger partial charge in [-0.3, -0.25) is 9.52 Å². The van der Waals surface area contributed by atoms with E-state index in [1.165, 1.54) is 0 Å². The lowest BCUT2D eigenvalue weighted by molar-refractivity contribution is 0.211. The summed E-state index contributed by atoms with van der Waals surface area (Å²) in [5.41, 5.74) is 2.64. The Kier molecular flexibility index (Phi) is 5.93. The molecule has 150 valence electrons. The van der Waals surface area contributed by atoms with Gasteiger partial charge in [-0.2, -0.15) is 0 Å². The average Bonchev–Trinajstić information content (AvgIpc) is 3.18. The molecule has 0 amide bonds. The van der Waals surface area contributed by atoms with Crippen molar-refractivity contribution in [2.75, 3.05) is 4.72 Å². The van der Waals surface area contributed by atoms with E-state index in [4.69, 9.17) is 4.74 Å². The van der Waals surface area contributed by atoms with E-state index in [9.17, 15) is 13.2 Å². The first-order valence-electron chi connectivity index (χ1n) is 9.49. The zero-order valence-corrected chi connectivity index (χ0v) is 17.1. The fourth-order valence-electron chi connectivity index (χ4n) is 3.49. The van der Waals surface area contributed by atoms with Gasteiger partial charge in [-0.15, -0.1) is 0 Å². The van der Waals surface area contributed by atoms with E-state index < -0.39 is 10.0 Å². The highest BCUT2D eigenvalue weighted by molar-refractivity contribution is 7.95. The van der Waals surface area contributed by atoms with Gasteiger partial charge in [0.15, 0.2) is 0 Å². The van der Waals surface area contributed by atoms with Gasteiger partial charge in [0.25, 0.3) is 15.6 Å². The molecule has 7 heteroatoms. The first-order valence-corrected chi connectivity index (χ1v) is 11.0. The summed E-state index contributed by atoms with van der Waals surface area (Å²) in [5, 5.41) is 0.872. The highest BCUT2D eigenvalue weighted by atomic mass is 32.2. The second-order valence-electron chi connectivity index (χ2n) is 7.07. The van der Waals surface area contributed by atoms with Crippen molar-refractivity contribution in [1.82, 2.24) is 4.57 Å². The van der Waals surface area contributed by atoms with Crippen molar-refractivity contribution in [2.45, 2.75) is 45.1 Å². The molecule has 1 aliphatic carbocycles. The van der Waals surface area contributed by atoms with Gasteiger partial charge in [0.2, 0.25) is 0 Å². The Balaban J connectivity index is 2.10. The van der Waals surface area contributed by atoms with Crippen LogP contribution in [0.3, 0.4) is 0 Å². The second kappa shape index (κ2) is 8.22. The SMILES string of the molecule is C=CS(=O)(=O)Nc1ccc(OC2CCCC2)c(-c2cc(CC)c(=O)n(C)c2)c1. The van der Waals surface area contributed by atoms with Crippen LogP contribution in [0.2, 0.25) is 0 Å². The Morgan fingerprint density at radius 1 is 1.29 bits per heavy atom. The standard InChI is InChI=1S/C21H26N2O4S/c1-4-15-12-16(14-23(3)21(15)24)19-13-17(22-28(25,26)5-2)10-11-20(19)27-18-8-6-7-9-18/h5,10-14,18,22H,2,4,6-9H2,1,3H3. The van der Waals surface area contributed by atoms with Crippen molar-refractivity contribution < 1.29 is 13.2 Å². The predicted octanol–water partition coefficient (Wildman–Crippen LogP) is 3.82. The van der Waals surface area contributed by atoms with E-state index in [0.29, 0.717) is 23.4 Å². The Bertz CT molecular complexity index is 1030. The minimum atomic E-state index is -3.62. The number of aryl methyl sites for hydroxylation is 2. The number of nitrogens with one attached hydrogen (secondary N) is 1. The van der Waals surface area contributed by atoms with E-state index >= 15 is 0 Å². The van der Waals surface area contributed by atoms with Crippen molar-refractivity contribution in [3.63, 3.8) is 0 Å². The normalized spacial score (nSPS) is 14.8. The molecule has 1 saturated carbocycles. The third-order valence-corrected chi connectivity index (χ3v) is 5.96. The number of nitrogens with zero attached hydrogens (tertiary/aromatic N) is 1. The summed E-state index contributed by atoms with van der Waals surface area (Å²) in [6, 6.07) is 7.05. The maximum atomic E-state index is 12.3. The summed E-state index contributed by atoms with van der Waals surface area (Å²) in [5.74, 6) is 0.689. The van der Waals surface area contributed by atoms with Crippen LogP contribution in [0.15, 0.2) is 47.2 Å². The van der Waals surface area contributed by atoms with Crippen molar-refractivity contribution in [3.05, 3.63) is 58.4 Å². The molecule has 3 rings (SSSR count). The lowest BCUT2D eigenvalue weighted by atomic mass is 10.0. The topological polar surface area (TPSA) is 77.4 Å². The molecule has 1 heterocycles. The van der Waals surface area contributed by atoms with Crippen LogP contribution in [0.5, 0.6) is 5.75 Å². The summed E-state index contributed by atoms with van der Waals surface area (Å²) in [6.07, 6.45) is 6.85. The molecule has 28 heavy (non-hydrogen) atoms. The van der Waals surface area contributed by atoms with Gasteiger partial charge >= 0.3 is 0 Å². The van der Waals surface area contributed by atoms with Crippen LogP contribution in [0.25, 0.3) is 11.1 Å². The quantitative estimate of drug-likeness (QED) is 0.764. The van der Waals surface area contributed by atoms with Crippen molar-refractivity contribution in [1.29, 1.82) is 0 Å². The molecule has 1 aromatic heterocycles. The molecular weight excluding hydrogens is 376 g/mol. The van der Waals surface area contributed by atoms with Crippen LogP contribution >= 0.6 is 0 Å². The number of hydrogen-bond acceptors (Lipinski definition) is 4. The molecule has 0 saturated heterocycles. The van der Waals surface area contributed by atoms with Crippen LogP contribution in [-0.4, -0.2) is 19.1 Å². The van der Waals surface area contributed by atoms with E-state index in [-0.39, 0.29) is 11.7 Å². The van der Waals surface area contributed by atoms with Gasteiger partial charge < -0.3 is 9.30 Å². The van der Waals surface area contributed by atoms with Crippen molar-refractivity contribution in [3.8, 4) is 16.9 Å². The summed E-state index contributed by atoms with van der Waals surface area (Å²) in [6.45, 7) is 5.26. The average molecular weight is 403 g/mol. The third-order valence-electron chi connectivity index (χ3n) is 5.00. The number of anilines is 1. The second-order valence-corrected chi connectivity index (χ2v) is 8.70. The van der Waals surface area contributed by atoms with Crippen LogP contribution < -0.4 is 15.0 Å². The molecule has 0 radical (unpaired) electrons. The first kappa shape index (κ1) is 20.2. The van der Waals surface area contributed by atoms with Gasteiger partial charge in [-0.25, -0.2) is 8.42 Å². The number of ether oxygens (including phenoxy) is 1. The van der Waals surface area contributed by atoms with Crippen molar-refractivity contribution >= 4 is 15.7 Å². The monoisotopic (exact) mass is 402 g/mol. The maximum absolute atomic E-state index is 12.3. The zero-order valence-electron chi connectivity index (χ0n) is 16.3. The molecule has 0 atom stereocenters. The molecule has 6 nitrogen and oxygen atoms in total. The zero-order chi connectivity index (χ0) is 20.3. The number of pyridine rings is 1. The Morgan fingerprint density at radius 3 is 2.64 bits per heavy atom. The molecule has 2 aromatic rings. The van der Waals surface area contributed by atoms with Gasteiger partial charge in [0.05, 0.1) is 6.10 Å². The summed E-state index contributed by atoms with van der Waals surface area (Å²) >= 11 is 0. The lowest BCUT2D eigenvalue weighted by Gasteiger charge is -2.19. The lowest BCUT2D eigenvalue weighted by Crippen LogP contribution is -2.20. The maximum Gasteiger partial charge on any atom is 0.254 e. The highest BCUT2D eigenvalue weighted by Crippen LogP contribution is 2.35. The fourth-order valence-corrected chi connectivity index (χ4v) is 4.03. The Labute approximate surface area is 165 Å². The van der Waals surface area contributed by atoms with Crippen LogP contribution in [0, 0.1) is 0 Å². The molecule has 0 bridgehead atoms. The van der Waals surface area contributed by atoms with E-state index in [1.54, 1.807) is 36.0 Å². The fraction of sp³-hybridized carbons (Fsp3) is 0.381. The molecule has 1 aliphatic rings. The smallest absolute Gasteiger partial charge is 0.254 e. The molecular formula is C21H26N2O4S. The molecule has 1 aromatic carbocycles. The molecule has 1 fully saturated rings. The Morgan fingerprint density at radius 2 is 2.00 bits per heavy atom. The highest BCUT2D eigenvalue weighted by Gasteiger charge is 2.20. The molecule has 0 spiro atoms. The van der Waals surface area contributed by atoms with Crippen molar-refractivity contribution in [2.24, 2.45) is 7.05 Å². The first-order chi connectivity index (χ1) is 13.3. The largest absolute Gasteiger partial charge is 0.490 e. The van der Waals surface area contributed by atoms with Gasteiger partial charge in [-0.05, 0) is 56.4 Å². The molecule has 1 N–H and O–H groups in total. The number of benzene rings is 1. The summed E-state index contributed by atoms with van der Waals surface area (Å²) in [4.78, 5) is 12.3. The molecule has 0 aliphatic heterocycles. The summed E-state index contributed by atoms with van der Waals surface area (Å²) < 4.78 is 34.0. The number of sulfonamides is 1. The predicted molar refractivity (Wildman–Crippen MR) is 112 cm³/mol. The van der Waals surface area contributed by atoms with Gasteiger partial charge in [-0.1, -0.05) is 13.5 Å². The van der Waals surface area contributed by atoms with Crippen LogP contribution in [0.1, 0.15) is 38.2 Å². The van der Waals surface area contributed by atoms with Crippen LogP contribution in [0.4, 0.5) is 5.69 Å². The van der Waals surface area contributed by atoms with E-state index in [0.717, 1.165) is 42.2 Å². The minimum Gasteiger partial charge on any atom is -0.490 e. The number of rotatable bonds is 7. The summed E-state index contributed by atoms with van der Waals surface area (Å²) in [7, 11) is -1.90. The number of hydrogen-bond donors (Lipinski definition) is 1. The van der Waals surface area contributed by atoms with Gasteiger partial charge in [0, 0.05) is 41.0 Å². The third kappa shape index (κ3) is 4.47. The minimum absolute atomic E-state index is 0.0342.